The molecule has 248 valence electrons. The van der Waals surface area contributed by atoms with Gasteiger partial charge in [0.25, 0.3) is 0 Å². The molecule has 49 heavy (non-hydrogen) atoms. The number of carbonyl (C=O) groups is 1. The zero-order valence-electron chi connectivity index (χ0n) is 25.8. The van der Waals surface area contributed by atoms with Gasteiger partial charge in [-0.1, -0.05) is 106 Å². The Hall–Kier alpha value is -3.24. The third kappa shape index (κ3) is 6.44. The van der Waals surface area contributed by atoms with Gasteiger partial charge in [0.05, 0.1) is 44.6 Å². The molecule has 1 N–H and O–H groups in total. The molecular weight excluding hydrogens is 743 g/mol. The van der Waals surface area contributed by atoms with Gasteiger partial charge in [0.15, 0.2) is 5.78 Å². The highest BCUT2D eigenvalue weighted by Crippen LogP contribution is 2.64. The van der Waals surface area contributed by atoms with Gasteiger partial charge in [0, 0.05) is 27.4 Å². The average molecular weight is 770 g/mol. The molecule has 1 fully saturated rings. The van der Waals surface area contributed by atoms with Gasteiger partial charge in [-0.3, -0.25) is 4.79 Å². The number of nitrogens with zero attached hydrogens (tertiary/aromatic N) is 1. The van der Waals surface area contributed by atoms with Crippen LogP contribution >= 0.6 is 69.6 Å². The first kappa shape index (κ1) is 35.6. The van der Waals surface area contributed by atoms with Crippen LogP contribution in [0.2, 0.25) is 30.1 Å². The summed E-state index contributed by atoms with van der Waals surface area (Å²) in [5.74, 6) is -2.83. The maximum atomic E-state index is 15.1. The van der Waals surface area contributed by atoms with E-state index in [2.05, 4.69) is 6.07 Å². The third-order valence-electron chi connectivity index (χ3n) is 9.56. The highest BCUT2D eigenvalue weighted by molar-refractivity contribution is 6.42. The molecule has 5 atom stereocenters. The first-order valence-electron chi connectivity index (χ1n) is 15.2. The molecule has 0 spiro atoms. The number of methoxy groups -OCH3 is 1. The van der Waals surface area contributed by atoms with Crippen molar-refractivity contribution in [2.24, 2.45) is 5.92 Å². The molecule has 6 rings (SSSR count). The molecule has 0 heterocycles. The number of ketones is 1. The van der Waals surface area contributed by atoms with E-state index < -0.39 is 34.6 Å². The largest absolute Gasteiger partial charge is 0.497 e. The maximum absolute atomic E-state index is 15.1. The lowest BCUT2D eigenvalue weighted by Crippen LogP contribution is -2.58. The fraction of sp³-hybridized carbons (Fsp3) is 0.179. The molecule has 5 unspecified atom stereocenters. The van der Waals surface area contributed by atoms with Gasteiger partial charge in [-0.25, -0.2) is 0 Å². The normalized spacial score (nSPS) is 23.4. The number of hydrogen-bond donors (Lipinski definition) is 1. The average Bonchev–Trinajstić information content (AvgIpc) is 3.10. The van der Waals surface area contributed by atoms with Crippen LogP contribution in [-0.4, -0.2) is 18.0 Å². The van der Waals surface area contributed by atoms with E-state index in [9.17, 15) is 10.4 Å². The Balaban J connectivity index is 1.76. The number of benzene rings is 5. The fourth-order valence-electron chi connectivity index (χ4n) is 7.28. The molecule has 1 aliphatic rings. The number of ether oxygens (including phenoxy) is 1. The predicted molar refractivity (Wildman–Crippen MR) is 198 cm³/mol. The van der Waals surface area contributed by atoms with Crippen LogP contribution in [0.1, 0.15) is 50.9 Å². The lowest BCUT2D eigenvalue weighted by molar-refractivity contribution is -0.0738. The lowest BCUT2D eigenvalue weighted by Gasteiger charge is -2.56. The molecular formula is C39H27Cl6NO3. The first-order chi connectivity index (χ1) is 23.4. The van der Waals surface area contributed by atoms with Crippen LogP contribution < -0.4 is 4.74 Å². The third-order valence-corrected chi connectivity index (χ3v) is 11.5. The SMILES string of the molecule is COc1ccc(C2(C#N)C(c3ccc(Cl)c(Cl)c3)CC(O)(c3ccc(Cl)cc3)C(C(=O)c3ccc(Cl)cc3)C2c2ccc(Cl)c(Cl)c2)cc1. The van der Waals surface area contributed by atoms with E-state index in [0.29, 0.717) is 53.7 Å². The van der Waals surface area contributed by atoms with Crippen molar-refractivity contribution < 1.29 is 14.6 Å². The quantitative estimate of drug-likeness (QED) is 0.167. The summed E-state index contributed by atoms with van der Waals surface area (Å²) >= 11 is 38.7. The van der Waals surface area contributed by atoms with Crippen molar-refractivity contribution in [3.63, 3.8) is 0 Å². The van der Waals surface area contributed by atoms with Crippen LogP contribution in [0, 0.1) is 17.2 Å². The number of nitriles is 1. The van der Waals surface area contributed by atoms with Crippen LogP contribution in [0.4, 0.5) is 0 Å². The van der Waals surface area contributed by atoms with Crippen molar-refractivity contribution in [3.8, 4) is 11.8 Å². The summed E-state index contributed by atoms with van der Waals surface area (Å²) in [6.45, 7) is 0. The molecule has 5 aromatic carbocycles. The van der Waals surface area contributed by atoms with Crippen molar-refractivity contribution in [3.05, 3.63) is 167 Å². The van der Waals surface area contributed by atoms with Crippen molar-refractivity contribution >= 4 is 75.4 Å². The number of hydrogen-bond acceptors (Lipinski definition) is 4. The summed E-state index contributed by atoms with van der Waals surface area (Å²) in [5, 5.41) is 27.0. The van der Waals surface area contributed by atoms with Crippen molar-refractivity contribution in [1.82, 2.24) is 0 Å². The first-order valence-corrected chi connectivity index (χ1v) is 17.4. The zero-order chi connectivity index (χ0) is 35.1. The number of halogens is 6. The fourth-order valence-corrected chi connectivity index (χ4v) is 8.15. The minimum absolute atomic E-state index is 0.0615. The van der Waals surface area contributed by atoms with E-state index in [0.717, 1.165) is 0 Å². The van der Waals surface area contributed by atoms with Crippen molar-refractivity contribution in [2.75, 3.05) is 7.11 Å². The van der Waals surface area contributed by atoms with Gasteiger partial charge >= 0.3 is 0 Å². The summed E-state index contributed by atoms with van der Waals surface area (Å²) in [6.07, 6.45) is -0.0615. The number of aliphatic hydroxyl groups is 1. The highest BCUT2D eigenvalue weighted by atomic mass is 35.5. The monoisotopic (exact) mass is 767 g/mol. The van der Waals surface area contributed by atoms with E-state index in [1.54, 1.807) is 104 Å². The van der Waals surface area contributed by atoms with Crippen LogP contribution in [0.3, 0.4) is 0 Å². The molecule has 0 aliphatic heterocycles. The summed E-state index contributed by atoms with van der Waals surface area (Å²) in [4.78, 5) is 15.1. The molecule has 4 nitrogen and oxygen atoms in total. The van der Waals surface area contributed by atoms with Crippen LogP contribution in [0.25, 0.3) is 0 Å². The van der Waals surface area contributed by atoms with E-state index in [4.69, 9.17) is 74.3 Å². The molecule has 5 aromatic rings. The molecule has 1 saturated carbocycles. The number of rotatable bonds is 7. The van der Waals surface area contributed by atoms with E-state index in [1.165, 1.54) is 0 Å². The Kier molecular flexibility index (Phi) is 10.3. The molecule has 0 aromatic heterocycles. The molecule has 0 saturated heterocycles. The van der Waals surface area contributed by atoms with Gasteiger partial charge in [-0.05, 0) is 101 Å². The summed E-state index contributed by atoms with van der Waals surface area (Å²) in [6, 6.07) is 33.2. The lowest BCUT2D eigenvalue weighted by atomic mass is 9.46. The van der Waals surface area contributed by atoms with Crippen LogP contribution in [0.15, 0.2) is 109 Å². The Morgan fingerprint density at radius 2 is 1.22 bits per heavy atom. The summed E-state index contributed by atoms with van der Waals surface area (Å²) in [7, 11) is 1.56. The molecule has 10 heteroatoms. The molecule has 0 radical (unpaired) electrons. The molecule has 0 amide bonds. The predicted octanol–water partition coefficient (Wildman–Crippen LogP) is 11.7. The van der Waals surface area contributed by atoms with Gasteiger partial charge in [-0.2, -0.15) is 5.26 Å². The van der Waals surface area contributed by atoms with Gasteiger partial charge in [0.2, 0.25) is 0 Å². The second kappa shape index (κ2) is 14.2. The minimum Gasteiger partial charge on any atom is -0.497 e. The Labute approximate surface area is 314 Å². The van der Waals surface area contributed by atoms with Crippen molar-refractivity contribution in [2.45, 2.75) is 29.3 Å². The maximum Gasteiger partial charge on any atom is 0.169 e. The summed E-state index contributed by atoms with van der Waals surface area (Å²) in [5.41, 5.74) is -0.858. The smallest absolute Gasteiger partial charge is 0.169 e. The second-order valence-electron chi connectivity index (χ2n) is 12.1. The van der Waals surface area contributed by atoms with Gasteiger partial charge < -0.3 is 9.84 Å². The van der Waals surface area contributed by atoms with Gasteiger partial charge in [-0.15, -0.1) is 0 Å². The minimum atomic E-state index is -1.86. The van der Waals surface area contributed by atoms with Gasteiger partial charge in [0.1, 0.15) is 11.4 Å². The Bertz CT molecular complexity index is 2060. The van der Waals surface area contributed by atoms with E-state index in [-0.39, 0.29) is 16.5 Å². The molecule has 1 aliphatic carbocycles. The summed E-state index contributed by atoms with van der Waals surface area (Å²) < 4.78 is 5.47. The standard InChI is InChI=1S/C39H27Cl6NO3/c1-49-29-14-8-25(9-15-29)38(21-46)30(23-4-16-31(42)33(44)18-23)20-39(48,26-6-12-28(41)13-7-26)36(37(47)22-2-10-27(40)11-3-22)35(38)24-5-17-32(43)34(45)19-24/h2-19,30,35-36,48H,20H2,1H3. The van der Waals surface area contributed by atoms with E-state index in [1.807, 2.05) is 12.1 Å². The zero-order valence-corrected chi connectivity index (χ0v) is 30.3. The van der Waals surface area contributed by atoms with Crippen LogP contribution in [-0.2, 0) is 11.0 Å². The topological polar surface area (TPSA) is 70.3 Å². The van der Waals surface area contributed by atoms with Crippen LogP contribution in [0.5, 0.6) is 5.75 Å². The molecule has 0 bridgehead atoms. The van der Waals surface area contributed by atoms with Crippen molar-refractivity contribution in [1.29, 1.82) is 5.26 Å². The highest BCUT2D eigenvalue weighted by Gasteiger charge is 2.64. The number of carbonyl (C=O) groups excluding carboxylic acids is 1. The Morgan fingerprint density at radius 3 is 1.76 bits per heavy atom. The Morgan fingerprint density at radius 1 is 0.714 bits per heavy atom. The van der Waals surface area contributed by atoms with E-state index >= 15 is 4.79 Å². The number of Topliss-reactive ketones (excluding diaryl/α,β-unsaturated/α-hetero) is 1. The second-order valence-corrected chi connectivity index (χ2v) is 14.6.